The van der Waals surface area contributed by atoms with Gasteiger partial charge in [0.1, 0.15) is 5.82 Å². The predicted octanol–water partition coefficient (Wildman–Crippen LogP) is 0.715. The molecule has 15 heavy (non-hydrogen) atoms. The minimum absolute atomic E-state index is 0.163. The van der Waals surface area contributed by atoms with Crippen LogP contribution in [-0.2, 0) is 18.2 Å². The second-order valence-electron chi connectivity index (χ2n) is 4.46. The number of aromatic nitrogens is 2. The molecule has 2 N–H and O–H groups in total. The van der Waals surface area contributed by atoms with Gasteiger partial charge in [-0.25, -0.2) is 4.98 Å². The lowest BCUT2D eigenvalue weighted by molar-refractivity contribution is 0.118. The molecular weight excluding hydrogens is 190 g/mol. The maximum atomic E-state index is 6.17. The molecule has 1 saturated heterocycles. The average Bonchev–Trinajstić information content (AvgIpc) is 2.77. The fraction of sp³-hybridized carbons (Fsp3) is 0.727. The minimum atomic E-state index is 0.163. The number of hydrogen-bond donors (Lipinski definition) is 1. The van der Waals surface area contributed by atoms with Gasteiger partial charge in [0, 0.05) is 37.8 Å². The Kier molecular flexibility index (Phi) is 3.07. The largest absolute Gasteiger partial charge is 0.378 e. The van der Waals surface area contributed by atoms with E-state index in [2.05, 4.69) is 11.9 Å². The molecule has 4 nitrogen and oxygen atoms in total. The first kappa shape index (κ1) is 10.6. The van der Waals surface area contributed by atoms with Crippen molar-refractivity contribution in [3.05, 3.63) is 18.2 Å². The molecule has 1 aromatic rings. The first-order chi connectivity index (χ1) is 7.16. The molecule has 2 rings (SSSR count). The van der Waals surface area contributed by atoms with Crippen LogP contribution in [0.4, 0.5) is 0 Å². The van der Waals surface area contributed by atoms with Crippen molar-refractivity contribution in [2.24, 2.45) is 18.7 Å². The summed E-state index contributed by atoms with van der Waals surface area (Å²) in [5, 5.41) is 0. The maximum absolute atomic E-state index is 6.17. The highest BCUT2D eigenvalue weighted by Gasteiger charge is 2.27. The van der Waals surface area contributed by atoms with E-state index in [1.165, 1.54) is 0 Å². The Morgan fingerprint density at radius 2 is 2.53 bits per heavy atom. The van der Waals surface area contributed by atoms with E-state index in [9.17, 15) is 0 Å². The van der Waals surface area contributed by atoms with E-state index in [4.69, 9.17) is 10.5 Å². The summed E-state index contributed by atoms with van der Waals surface area (Å²) in [7, 11) is 2.00. The minimum Gasteiger partial charge on any atom is -0.378 e. The molecule has 84 valence electrons. The number of imidazole rings is 1. The number of aryl methyl sites for hydroxylation is 1. The molecule has 0 radical (unpaired) electrons. The van der Waals surface area contributed by atoms with Crippen LogP contribution in [0.1, 0.15) is 19.2 Å². The van der Waals surface area contributed by atoms with Crippen molar-refractivity contribution in [1.82, 2.24) is 9.55 Å². The molecular formula is C11H19N3O. The van der Waals surface area contributed by atoms with E-state index in [-0.39, 0.29) is 6.04 Å². The molecule has 1 fully saturated rings. The molecule has 0 aliphatic carbocycles. The summed E-state index contributed by atoms with van der Waals surface area (Å²) in [6.07, 6.45) is 6.05. The lowest BCUT2D eigenvalue weighted by atomic mass is 9.95. The van der Waals surface area contributed by atoms with Crippen molar-refractivity contribution in [1.29, 1.82) is 0 Å². The normalized spacial score (nSPS) is 28.2. The summed E-state index contributed by atoms with van der Waals surface area (Å²) in [6, 6.07) is 0.163. The Balaban J connectivity index is 1.92. The Hall–Kier alpha value is -0.870. The fourth-order valence-electron chi connectivity index (χ4n) is 2.12. The summed E-state index contributed by atoms with van der Waals surface area (Å²) in [5.41, 5.74) is 6.17. The molecule has 3 unspecified atom stereocenters. The molecule has 4 heteroatoms. The van der Waals surface area contributed by atoms with E-state index in [0.29, 0.717) is 12.0 Å². The number of ether oxygens (including phenoxy) is 1. The number of rotatable bonds is 3. The standard InChI is InChI=1S/C11H19N3O/c1-8-5-9(7-15-8)10(12)6-11-13-3-4-14(11)2/h3-4,8-10H,5-7,12H2,1-2H3. The zero-order chi connectivity index (χ0) is 10.8. The van der Waals surface area contributed by atoms with E-state index in [1.807, 2.05) is 24.0 Å². The van der Waals surface area contributed by atoms with Crippen molar-refractivity contribution >= 4 is 0 Å². The van der Waals surface area contributed by atoms with Crippen molar-refractivity contribution in [2.75, 3.05) is 6.61 Å². The molecule has 2 heterocycles. The van der Waals surface area contributed by atoms with E-state index >= 15 is 0 Å². The molecule has 0 amide bonds. The van der Waals surface area contributed by atoms with Gasteiger partial charge in [-0.15, -0.1) is 0 Å². The van der Waals surface area contributed by atoms with Gasteiger partial charge in [0.05, 0.1) is 12.7 Å². The van der Waals surface area contributed by atoms with Crippen LogP contribution in [-0.4, -0.2) is 28.3 Å². The SMILES string of the molecule is CC1CC(C(N)Cc2nccn2C)CO1. The number of hydrogen-bond acceptors (Lipinski definition) is 3. The van der Waals surface area contributed by atoms with Crippen LogP contribution in [0.5, 0.6) is 0 Å². The van der Waals surface area contributed by atoms with Gasteiger partial charge < -0.3 is 15.0 Å². The second kappa shape index (κ2) is 4.33. The Morgan fingerprint density at radius 1 is 1.73 bits per heavy atom. The second-order valence-corrected chi connectivity index (χ2v) is 4.46. The summed E-state index contributed by atoms with van der Waals surface area (Å²) >= 11 is 0. The fourth-order valence-corrected chi connectivity index (χ4v) is 2.12. The van der Waals surface area contributed by atoms with Crippen LogP contribution in [0.15, 0.2) is 12.4 Å². The van der Waals surface area contributed by atoms with Crippen molar-refractivity contribution in [3.63, 3.8) is 0 Å². The topological polar surface area (TPSA) is 53.1 Å². The quantitative estimate of drug-likeness (QED) is 0.798. The average molecular weight is 209 g/mol. The van der Waals surface area contributed by atoms with Crippen molar-refractivity contribution in [3.8, 4) is 0 Å². The van der Waals surface area contributed by atoms with Gasteiger partial charge in [0.15, 0.2) is 0 Å². The monoisotopic (exact) mass is 209 g/mol. The van der Waals surface area contributed by atoms with Crippen LogP contribution in [0.25, 0.3) is 0 Å². The highest BCUT2D eigenvalue weighted by molar-refractivity contribution is 4.96. The Morgan fingerprint density at radius 3 is 3.07 bits per heavy atom. The van der Waals surface area contributed by atoms with Crippen molar-refractivity contribution in [2.45, 2.75) is 31.9 Å². The lowest BCUT2D eigenvalue weighted by Gasteiger charge is -2.17. The first-order valence-electron chi connectivity index (χ1n) is 5.50. The first-order valence-corrected chi connectivity index (χ1v) is 5.50. The van der Waals surface area contributed by atoms with Crippen LogP contribution in [0.3, 0.4) is 0 Å². The lowest BCUT2D eigenvalue weighted by Crippen LogP contribution is -2.33. The van der Waals surface area contributed by atoms with E-state index in [1.54, 1.807) is 0 Å². The third-order valence-electron chi connectivity index (χ3n) is 3.17. The third kappa shape index (κ3) is 2.38. The van der Waals surface area contributed by atoms with Crippen LogP contribution < -0.4 is 5.73 Å². The van der Waals surface area contributed by atoms with Gasteiger partial charge in [-0.2, -0.15) is 0 Å². The van der Waals surface area contributed by atoms with Gasteiger partial charge in [-0.3, -0.25) is 0 Å². The van der Waals surface area contributed by atoms with Crippen LogP contribution >= 0.6 is 0 Å². The molecule has 1 aromatic heterocycles. The van der Waals surface area contributed by atoms with Gasteiger partial charge in [-0.1, -0.05) is 0 Å². The summed E-state index contributed by atoms with van der Waals surface area (Å²) < 4.78 is 7.56. The third-order valence-corrected chi connectivity index (χ3v) is 3.17. The van der Waals surface area contributed by atoms with Crippen molar-refractivity contribution < 1.29 is 4.74 Å². The Labute approximate surface area is 90.4 Å². The van der Waals surface area contributed by atoms with Crippen LogP contribution in [0, 0.1) is 5.92 Å². The Bertz CT molecular complexity index is 323. The van der Waals surface area contributed by atoms with Gasteiger partial charge in [0.2, 0.25) is 0 Å². The smallest absolute Gasteiger partial charge is 0.109 e. The molecule has 3 atom stereocenters. The van der Waals surface area contributed by atoms with E-state index < -0.39 is 0 Å². The summed E-state index contributed by atoms with van der Waals surface area (Å²) in [6.45, 7) is 2.90. The summed E-state index contributed by atoms with van der Waals surface area (Å²) in [4.78, 5) is 4.29. The predicted molar refractivity (Wildman–Crippen MR) is 58.4 cm³/mol. The van der Waals surface area contributed by atoms with Gasteiger partial charge >= 0.3 is 0 Å². The molecule has 0 aromatic carbocycles. The number of nitrogens with zero attached hydrogens (tertiary/aromatic N) is 2. The number of nitrogens with two attached hydrogens (primary N) is 1. The zero-order valence-electron chi connectivity index (χ0n) is 9.39. The molecule has 1 aliphatic rings. The highest BCUT2D eigenvalue weighted by Crippen LogP contribution is 2.22. The van der Waals surface area contributed by atoms with E-state index in [0.717, 1.165) is 25.3 Å². The summed E-state index contributed by atoms with van der Waals surface area (Å²) in [5.74, 6) is 1.54. The molecule has 0 saturated carbocycles. The molecule has 0 spiro atoms. The highest BCUT2D eigenvalue weighted by atomic mass is 16.5. The maximum Gasteiger partial charge on any atom is 0.109 e. The van der Waals surface area contributed by atoms with Crippen LogP contribution in [0.2, 0.25) is 0 Å². The van der Waals surface area contributed by atoms with Gasteiger partial charge in [-0.05, 0) is 13.3 Å². The molecule has 1 aliphatic heterocycles. The van der Waals surface area contributed by atoms with Gasteiger partial charge in [0.25, 0.3) is 0 Å². The zero-order valence-corrected chi connectivity index (χ0v) is 9.39. The molecule has 0 bridgehead atoms.